The third-order valence-electron chi connectivity index (χ3n) is 4.21. The first-order valence-electron chi connectivity index (χ1n) is 8.58. The van der Waals surface area contributed by atoms with E-state index in [1.807, 2.05) is 13.0 Å². The van der Waals surface area contributed by atoms with Crippen LogP contribution in [0.5, 0.6) is 0 Å². The Hall–Kier alpha value is -1.75. The number of hydrogen-bond acceptors (Lipinski definition) is 2. The summed E-state index contributed by atoms with van der Waals surface area (Å²) in [6.07, 6.45) is 0.0749. The van der Waals surface area contributed by atoms with Gasteiger partial charge in [0.1, 0.15) is 6.04 Å². The van der Waals surface area contributed by atoms with Crippen molar-refractivity contribution in [2.24, 2.45) is 0 Å². The van der Waals surface area contributed by atoms with Crippen LogP contribution in [0.4, 0.5) is 0 Å². The second kappa shape index (κ2) is 9.98. The Morgan fingerprint density at radius 2 is 1.59 bits per heavy atom. The van der Waals surface area contributed by atoms with Gasteiger partial charge in [-0.05, 0) is 37.6 Å². The van der Waals surface area contributed by atoms with Crippen LogP contribution in [0.2, 0.25) is 15.1 Å². The molecule has 144 valence electrons. The molecule has 0 saturated carbocycles. The van der Waals surface area contributed by atoms with Crippen molar-refractivity contribution in [3.05, 3.63) is 68.7 Å². The van der Waals surface area contributed by atoms with E-state index in [4.69, 9.17) is 34.8 Å². The zero-order valence-corrected chi connectivity index (χ0v) is 17.4. The Kier molecular flexibility index (Phi) is 7.96. The fourth-order valence-electron chi connectivity index (χ4n) is 2.66. The summed E-state index contributed by atoms with van der Waals surface area (Å²) in [6, 6.07) is 11.6. The number of nitrogens with one attached hydrogen (secondary N) is 1. The lowest BCUT2D eigenvalue weighted by Crippen LogP contribution is -2.48. The van der Waals surface area contributed by atoms with Crippen molar-refractivity contribution in [1.29, 1.82) is 0 Å². The summed E-state index contributed by atoms with van der Waals surface area (Å²) in [5.74, 6) is -0.481. The monoisotopic (exact) mass is 426 g/mol. The van der Waals surface area contributed by atoms with Crippen LogP contribution in [0.3, 0.4) is 0 Å². The zero-order valence-electron chi connectivity index (χ0n) is 15.1. The average Bonchev–Trinajstić information content (AvgIpc) is 2.63. The number of likely N-dealkylation sites (N-methyl/N-ethyl adjacent to an activating group) is 1. The summed E-state index contributed by atoms with van der Waals surface area (Å²) in [6.45, 7) is 4.11. The van der Waals surface area contributed by atoms with Gasteiger partial charge in [-0.3, -0.25) is 9.59 Å². The summed E-state index contributed by atoms with van der Waals surface area (Å²) in [5, 5.41) is 4.14. The predicted molar refractivity (Wildman–Crippen MR) is 110 cm³/mol. The minimum Gasteiger partial charge on any atom is -0.355 e. The molecule has 2 rings (SSSR count). The molecule has 0 aliphatic rings. The molecule has 2 aromatic carbocycles. The van der Waals surface area contributed by atoms with Crippen molar-refractivity contribution in [1.82, 2.24) is 10.2 Å². The highest BCUT2D eigenvalue weighted by Gasteiger charge is 2.27. The molecule has 0 fully saturated rings. The van der Waals surface area contributed by atoms with Crippen molar-refractivity contribution < 1.29 is 9.59 Å². The summed E-state index contributed by atoms with van der Waals surface area (Å²) in [5.41, 5.74) is 1.30. The third kappa shape index (κ3) is 5.61. The number of hydrogen-bond donors (Lipinski definition) is 1. The number of nitrogens with zero attached hydrogens (tertiary/aromatic N) is 1. The topological polar surface area (TPSA) is 49.4 Å². The van der Waals surface area contributed by atoms with Crippen LogP contribution in [-0.2, 0) is 22.6 Å². The van der Waals surface area contributed by atoms with Crippen LogP contribution in [0.15, 0.2) is 42.5 Å². The van der Waals surface area contributed by atoms with E-state index in [1.165, 1.54) is 4.90 Å². The quantitative estimate of drug-likeness (QED) is 0.693. The van der Waals surface area contributed by atoms with Crippen LogP contribution < -0.4 is 5.32 Å². The van der Waals surface area contributed by atoms with Crippen LogP contribution in [-0.4, -0.2) is 29.3 Å². The normalized spacial score (nSPS) is 11.7. The van der Waals surface area contributed by atoms with E-state index in [2.05, 4.69) is 5.32 Å². The highest BCUT2D eigenvalue weighted by Crippen LogP contribution is 2.27. The van der Waals surface area contributed by atoms with Gasteiger partial charge >= 0.3 is 0 Å². The van der Waals surface area contributed by atoms with Crippen molar-refractivity contribution >= 4 is 46.6 Å². The minimum absolute atomic E-state index is 0.0749. The van der Waals surface area contributed by atoms with Crippen molar-refractivity contribution in [2.45, 2.75) is 32.9 Å². The lowest BCUT2D eigenvalue weighted by Gasteiger charge is -2.29. The molecule has 2 aromatic rings. The highest BCUT2D eigenvalue weighted by molar-refractivity contribution is 6.36. The van der Waals surface area contributed by atoms with Crippen molar-refractivity contribution in [3.63, 3.8) is 0 Å². The largest absolute Gasteiger partial charge is 0.355 e. The van der Waals surface area contributed by atoms with E-state index in [9.17, 15) is 9.59 Å². The second-order valence-electron chi connectivity index (χ2n) is 6.06. The molecule has 1 atom stereocenters. The molecular formula is C20H21Cl3N2O2. The fourth-order valence-corrected chi connectivity index (χ4v) is 3.38. The molecule has 0 unspecified atom stereocenters. The maximum absolute atomic E-state index is 13.0. The van der Waals surface area contributed by atoms with E-state index < -0.39 is 6.04 Å². The fraction of sp³-hybridized carbons (Fsp3) is 0.300. The molecule has 0 radical (unpaired) electrons. The Morgan fingerprint density at radius 3 is 2.19 bits per heavy atom. The molecule has 0 aromatic heterocycles. The number of benzene rings is 2. The number of carbonyl (C=O) groups excluding carboxylic acids is 2. The molecule has 0 aliphatic carbocycles. The van der Waals surface area contributed by atoms with Crippen molar-refractivity contribution in [3.8, 4) is 0 Å². The first kappa shape index (κ1) is 21.5. The van der Waals surface area contributed by atoms with Crippen LogP contribution >= 0.6 is 34.8 Å². The number of amides is 2. The first-order chi connectivity index (χ1) is 12.8. The van der Waals surface area contributed by atoms with E-state index >= 15 is 0 Å². The SMILES string of the molecule is CCNC(=O)[C@@H](C)N(Cc1c(Cl)cccc1Cl)C(=O)Cc1ccccc1Cl. The Bertz CT molecular complexity index is 806. The molecule has 4 nitrogen and oxygen atoms in total. The van der Waals surface area contributed by atoms with E-state index in [0.717, 1.165) is 0 Å². The predicted octanol–water partition coefficient (Wildman–Crippen LogP) is 4.74. The van der Waals surface area contributed by atoms with Crippen LogP contribution in [0.25, 0.3) is 0 Å². The number of carbonyl (C=O) groups is 2. The summed E-state index contributed by atoms with van der Waals surface area (Å²) in [4.78, 5) is 26.9. The smallest absolute Gasteiger partial charge is 0.242 e. The Morgan fingerprint density at radius 1 is 1.00 bits per heavy atom. The molecule has 2 amide bonds. The van der Waals surface area contributed by atoms with Gasteiger partial charge in [0.15, 0.2) is 0 Å². The molecule has 0 saturated heterocycles. The third-order valence-corrected chi connectivity index (χ3v) is 5.28. The van der Waals surface area contributed by atoms with E-state index in [0.29, 0.717) is 32.7 Å². The van der Waals surface area contributed by atoms with Gasteiger partial charge in [-0.25, -0.2) is 0 Å². The maximum atomic E-state index is 13.0. The molecule has 27 heavy (non-hydrogen) atoms. The molecule has 0 heterocycles. The summed E-state index contributed by atoms with van der Waals surface area (Å²) < 4.78 is 0. The highest BCUT2D eigenvalue weighted by atomic mass is 35.5. The summed E-state index contributed by atoms with van der Waals surface area (Å²) in [7, 11) is 0. The second-order valence-corrected chi connectivity index (χ2v) is 7.28. The maximum Gasteiger partial charge on any atom is 0.242 e. The van der Waals surface area contributed by atoms with E-state index in [1.54, 1.807) is 43.3 Å². The average molecular weight is 428 g/mol. The Labute approximate surface area is 174 Å². The minimum atomic E-state index is -0.688. The van der Waals surface area contributed by atoms with Gasteiger partial charge in [-0.15, -0.1) is 0 Å². The van der Waals surface area contributed by atoms with Gasteiger partial charge in [-0.2, -0.15) is 0 Å². The number of halogens is 3. The molecule has 0 spiro atoms. The van der Waals surface area contributed by atoms with Gasteiger partial charge in [0, 0.05) is 33.7 Å². The van der Waals surface area contributed by atoms with Gasteiger partial charge < -0.3 is 10.2 Å². The summed E-state index contributed by atoms with van der Waals surface area (Å²) >= 11 is 18.7. The molecule has 0 bridgehead atoms. The van der Waals surface area contributed by atoms with Gasteiger partial charge in [0.05, 0.1) is 6.42 Å². The molecular weight excluding hydrogens is 407 g/mol. The molecule has 0 aliphatic heterocycles. The lowest BCUT2D eigenvalue weighted by molar-refractivity contribution is -0.140. The standard InChI is InChI=1S/C20H21Cl3N2O2/c1-3-24-20(27)13(2)25(12-15-17(22)9-6-10-18(15)23)19(26)11-14-7-4-5-8-16(14)21/h4-10,13H,3,11-12H2,1-2H3,(H,24,27)/t13-/m1/s1. The molecule has 1 N–H and O–H groups in total. The van der Waals surface area contributed by atoms with Gasteiger partial charge in [0.25, 0.3) is 0 Å². The van der Waals surface area contributed by atoms with Crippen molar-refractivity contribution in [2.75, 3.05) is 6.54 Å². The van der Waals surface area contributed by atoms with Gasteiger partial charge in [-0.1, -0.05) is 59.1 Å². The van der Waals surface area contributed by atoms with Gasteiger partial charge in [0.2, 0.25) is 11.8 Å². The van der Waals surface area contributed by atoms with Crippen LogP contribution in [0.1, 0.15) is 25.0 Å². The molecule has 7 heteroatoms. The van der Waals surface area contributed by atoms with E-state index in [-0.39, 0.29) is 24.8 Å². The number of rotatable bonds is 7. The van der Waals surface area contributed by atoms with Crippen LogP contribution in [0, 0.1) is 0 Å². The zero-order chi connectivity index (χ0) is 20.0. The first-order valence-corrected chi connectivity index (χ1v) is 9.72. The Balaban J connectivity index is 2.32. The lowest BCUT2D eigenvalue weighted by atomic mass is 10.1.